The van der Waals surface area contributed by atoms with Gasteiger partial charge in [0.2, 0.25) is 0 Å². The SMILES string of the molecule is CCCCOCCOCc1ccc(C(=O)NN)cc1. The third-order valence-electron chi connectivity index (χ3n) is 2.63. The van der Waals surface area contributed by atoms with Crippen LogP contribution in [0.5, 0.6) is 0 Å². The maximum absolute atomic E-state index is 11.2. The predicted molar refractivity (Wildman–Crippen MR) is 73.5 cm³/mol. The maximum Gasteiger partial charge on any atom is 0.265 e. The van der Waals surface area contributed by atoms with Crippen molar-refractivity contribution in [2.45, 2.75) is 26.4 Å². The number of nitrogens with two attached hydrogens (primary N) is 1. The second kappa shape index (κ2) is 9.49. The van der Waals surface area contributed by atoms with Gasteiger partial charge in [-0.05, 0) is 24.1 Å². The Kier molecular flexibility index (Phi) is 7.81. The van der Waals surface area contributed by atoms with E-state index in [1.54, 1.807) is 12.1 Å². The van der Waals surface area contributed by atoms with Gasteiger partial charge in [0.25, 0.3) is 5.91 Å². The van der Waals surface area contributed by atoms with E-state index in [9.17, 15) is 4.79 Å². The third kappa shape index (κ3) is 6.33. The van der Waals surface area contributed by atoms with Gasteiger partial charge in [0.1, 0.15) is 0 Å². The molecule has 1 amide bonds. The molecular weight excluding hydrogens is 244 g/mol. The number of hydrazine groups is 1. The number of carbonyl (C=O) groups is 1. The summed E-state index contributed by atoms with van der Waals surface area (Å²) in [5.41, 5.74) is 3.64. The Bertz CT molecular complexity index is 365. The molecule has 0 aliphatic heterocycles. The highest BCUT2D eigenvalue weighted by atomic mass is 16.5. The number of rotatable bonds is 9. The molecule has 0 unspecified atom stereocenters. The van der Waals surface area contributed by atoms with E-state index >= 15 is 0 Å². The first-order valence-corrected chi connectivity index (χ1v) is 6.53. The van der Waals surface area contributed by atoms with Gasteiger partial charge in [-0.1, -0.05) is 25.5 Å². The lowest BCUT2D eigenvalue weighted by Crippen LogP contribution is -2.29. The van der Waals surface area contributed by atoms with Crippen molar-refractivity contribution in [3.63, 3.8) is 0 Å². The molecule has 0 saturated carbocycles. The Morgan fingerprint density at radius 3 is 2.47 bits per heavy atom. The van der Waals surface area contributed by atoms with Crippen LogP contribution in [-0.2, 0) is 16.1 Å². The monoisotopic (exact) mass is 266 g/mol. The van der Waals surface area contributed by atoms with Crippen LogP contribution in [0, 0.1) is 0 Å². The lowest BCUT2D eigenvalue weighted by molar-refractivity contribution is 0.0397. The van der Waals surface area contributed by atoms with Crippen LogP contribution in [0.25, 0.3) is 0 Å². The summed E-state index contributed by atoms with van der Waals surface area (Å²) in [6.07, 6.45) is 2.23. The first-order valence-electron chi connectivity index (χ1n) is 6.53. The van der Waals surface area contributed by atoms with Crippen LogP contribution < -0.4 is 11.3 Å². The molecule has 0 spiro atoms. The second-order valence-electron chi connectivity index (χ2n) is 4.19. The minimum absolute atomic E-state index is 0.295. The zero-order valence-electron chi connectivity index (χ0n) is 11.4. The lowest BCUT2D eigenvalue weighted by atomic mass is 10.1. The van der Waals surface area contributed by atoms with E-state index in [0.29, 0.717) is 25.4 Å². The van der Waals surface area contributed by atoms with Crippen LogP contribution in [0.4, 0.5) is 0 Å². The van der Waals surface area contributed by atoms with E-state index in [1.807, 2.05) is 12.1 Å². The molecule has 0 saturated heterocycles. The van der Waals surface area contributed by atoms with E-state index in [0.717, 1.165) is 25.0 Å². The van der Waals surface area contributed by atoms with Gasteiger partial charge in [-0.15, -0.1) is 0 Å². The van der Waals surface area contributed by atoms with Gasteiger partial charge in [0, 0.05) is 12.2 Å². The summed E-state index contributed by atoms with van der Waals surface area (Å²) in [6, 6.07) is 7.14. The molecule has 0 aliphatic carbocycles. The predicted octanol–water partition coefficient (Wildman–Crippen LogP) is 1.62. The fourth-order valence-electron chi connectivity index (χ4n) is 1.49. The van der Waals surface area contributed by atoms with Crippen molar-refractivity contribution in [2.75, 3.05) is 19.8 Å². The molecule has 106 valence electrons. The van der Waals surface area contributed by atoms with Crippen molar-refractivity contribution < 1.29 is 14.3 Å². The first-order chi connectivity index (χ1) is 9.27. The van der Waals surface area contributed by atoms with Crippen molar-refractivity contribution in [1.29, 1.82) is 0 Å². The average Bonchev–Trinajstić information content (AvgIpc) is 2.46. The van der Waals surface area contributed by atoms with Gasteiger partial charge in [0.05, 0.1) is 19.8 Å². The molecule has 0 aromatic heterocycles. The van der Waals surface area contributed by atoms with Crippen LogP contribution in [-0.4, -0.2) is 25.7 Å². The average molecular weight is 266 g/mol. The Morgan fingerprint density at radius 1 is 1.16 bits per heavy atom. The van der Waals surface area contributed by atoms with E-state index < -0.39 is 0 Å². The zero-order valence-corrected chi connectivity index (χ0v) is 11.4. The summed E-state index contributed by atoms with van der Waals surface area (Å²) in [4.78, 5) is 11.2. The topological polar surface area (TPSA) is 73.6 Å². The first kappa shape index (κ1) is 15.6. The molecule has 3 N–H and O–H groups in total. The third-order valence-corrected chi connectivity index (χ3v) is 2.63. The highest BCUT2D eigenvalue weighted by molar-refractivity contribution is 5.93. The second-order valence-corrected chi connectivity index (χ2v) is 4.19. The number of unbranched alkanes of at least 4 members (excludes halogenated alkanes) is 1. The lowest BCUT2D eigenvalue weighted by Gasteiger charge is -2.06. The molecular formula is C14H22N2O3. The molecule has 0 atom stereocenters. The van der Waals surface area contributed by atoms with Crippen LogP contribution in [0.15, 0.2) is 24.3 Å². The fraction of sp³-hybridized carbons (Fsp3) is 0.500. The molecule has 1 rings (SSSR count). The quantitative estimate of drug-likeness (QED) is 0.308. The highest BCUT2D eigenvalue weighted by Crippen LogP contribution is 2.05. The van der Waals surface area contributed by atoms with Gasteiger partial charge >= 0.3 is 0 Å². The molecule has 5 nitrogen and oxygen atoms in total. The molecule has 0 bridgehead atoms. The molecule has 1 aromatic rings. The van der Waals surface area contributed by atoms with Gasteiger partial charge in [-0.25, -0.2) is 5.84 Å². The Balaban J connectivity index is 2.18. The van der Waals surface area contributed by atoms with Crippen molar-refractivity contribution in [3.05, 3.63) is 35.4 Å². The van der Waals surface area contributed by atoms with E-state index in [2.05, 4.69) is 12.3 Å². The minimum Gasteiger partial charge on any atom is -0.379 e. The molecule has 5 heteroatoms. The van der Waals surface area contributed by atoms with Crippen molar-refractivity contribution in [1.82, 2.24) is 5.43 Å². The molecule has 1 aromatic carbocycles. The number of nitrogens with one attached hydrogen (secondary N) is 1. The van der Waals surface area contributed by atoms with Crippen LogP contribution in [0.2, 0.25) is 0 Å². The summed E-state index contributed by atoms with van der Waals surface area (Å²) >= 11 is 0. The summed E-state index contributed by atoms with van der Waals surface area (Å²) in [7, 11) is 0. The molecule has 0 radical (unpaired) electrons. The summed E-state index contributed by atoms with van der Waals surface area (Å²) < 4.78 is 10.9. The fourth-order valence-corrected chi connectivity index (χ4v) is 1.49. The van der Waals surface area contributed by atoms with Gasteiger partial charge in [-0.3, -0.25) is 10.2 Å². The number of carbonyl (C=O) groups excluding carboxylic acids is 1. The summed E-state index contributed by atoms with van der Waals surface area (Å²) in [6.45, 7) is 4.64. The molecule has 0 heterocycles. The molecule has 0 fully saturated rings. The van der Waals surface area contributed by atoms with E-state index in [1.165, 1.54) is 0 Å². The largest absolute Gasteiger partial charge is 0.379 e. The van der Waals surface area contributed by atoms with Crippen molar-refractivity contribution >= 4 is 5.91 Å². The molecule has 0 aliphatic rings. The van der Waals surface area contributed by atoms with Crippen LogP contribution in [0.3, 0.4) is 0 Å². The number of nitrogen functional groups attached to an aromatic ring is 1. The highest BCUT2D eigenvalue weighted by Gasteiger charge is 2.02. The Morgan fingerprint density at radius 2 is 1.84 bits per heavy atom. The van der Waals surface area contributed by atoms with Crippen LogP contribution in [0.1, 0.15) is 35.7 Å². The normalized spacial score (nSPS) is 10.4. The number of benzene rings is 1. The van der Waals surface area contributed by atoms with E-state index in [4.69, 9.17) is 15.3 Å². The standard InChI is InChI=1S/C14H22N2O3/c1-2-3-8-18-9-10-19-11-12-4-6-13(7-5-12)14(17)16-15/h4-7H,2-3,8-11,15H2,1H3,(H,16,17). The zero-order chi connectivity index (χ0) is 13.9. The van der Waals surface area contributed by atoms with Crippen LogP contribution >= 0.6 is 0 Å². The number of amides is 1. The van der Waals surface area contributed by atoms with Gasteiger partial charge in [0.15, 0.2) is 0 Å². The minimum atomic E-state index is -0.295. The van der Waals surface area contributed by atoms with Crippen molar-refractivity contribution in [2.24, 2.45) is 5.84 Å². The number of hydrogen-bond acceptors (Lipinski definition) is 4. The molecule has 19 heavy (non-hydrogen) atoms. The Labute approximate surface area is 114 Å². The van der Waals surface area contributed by atoms with Crippen molar-refractivity contribution in [3.8, 4) is 0 Å². The van der Waals surface area contributed by atoms with E-state index in [-0.39, 0.29) is 5.91 Å². The summed E-state index contributed by atoms with van der Waals surface area (Å²) in [5.74, 6) is 4.76. The summed E-state index contributed by atoms with van der Waals surface area (Å²) in [5, 5.41) is 0. The van der Waals surface area contributed by atoms with Gasteiger partial charge in [-0.2, -0.15) is 0 Å². The van der Waals surface area contributed by atoms with Gasteiger partial charge < -0.3 is 9.47 Å². The maximum atomic E-state index is 11.2. The Hall–Kier alpha value is -1.43. The smallest absolute Gasteiger partial charge is 0.265 e. The number of ether oxygens (including phenoxy) is 2. The number of hydrogen-bond donors (Lipinski definition) is 2.